The van der Waals surface area contributed by atoms with Crippen LogP contribution >= 0.6 is 0 Å². The molecule has 2 atom stereocenters. The molecule has 2 aliphatic carbocycles. The number of allylic oxidation sites excluding steroid dienone is 4. The number of carbonyl (C=O) groups is 2. The van der Waals surface area contributed by atoms with E-state index in [0.717, 1.165) is 24.2 Å². The average Bonchev–Trinajstić information content (AvgIpc) is 3.32. The molecule has 0 aliphatic heterocycles. The van der Waals surface area contributed by atoms with E-state index in [2.05, 4.69) is 16.9 Å². The lowest BCUT2D eigenvalue weighted by Crippen LogP contribution is -2.25. The highest BCUT2D eigenvalue weighted by Crippen LogP contribution is 2.49. The van der Waals surface area contributed by atoms with Crippen LogP contribution in [0.25, 0.3) is 0 Å². The maximum atomic E-state index is 12.8. The van der Waals surface area contributed by atoms with Gasteiger partial charge in [-0.2, -0.15) is 0 Å². The van der Waals surface area contributed by atoms with Crippen LogP contribution in [0.3, 0.4) is 0 Å². The van der Waals surface area contributed by atoms with Crippen LogP contribution < -0.4 is 5.32 Å². The Balaban J connectivity index is 0.00000126. The van der Waals surface area contributed by atoms with Crippen molar-refractivity contribution in [1.29, 1.82) is 0 Å². The van der Waals surface area contributed by atoms with E-state index in [9.17, 15) is 9.59 Å². The molecule has 0 bridgehead atoms. The molecule has 2 saturated carbocycles. The van der Waals surface area contributed by atoms with E-state index in [0.29, 0.717) is 36.2 Å². The second kappa shape index (κ2) is 9.49. The number of hydrogen-bond acceptors (Lipinski definition) is 3. The molecule has 0 spiro atoms. The van der Waals surface area contributed by atoms with Crippen LogP contribution in [0.1, 0.15) is 68.6 Å². The third-order valence-electron chi connectivity index (χ3n) is 5.37. The van der Waals surface area contributed by atoms with E-state index in [4.69, 9.17) is 0 Å². The van der Waals surface area contributed by atoms with Crippen LogP contribution in [0.5, 0.6) is 0 Å². The summed E-state index contributed by atoms with van der Waals surface area (Å²) in [5.74, 6) is 1.45. The molecule has 1 aromatic rings. The van der Waals surface area contributed by atoms with E-state index in [-0.39, 0.29) is 11.8 Å². The molecular formula is C22H31N3O2. The number of hydrogen-bond donors (Lipinski definition) is 1. The van der Waals surface area contributed by atoms with Gasteiger partial charge in [-0.05, 0) is 37.7 Å². The molecule has 2 aliphatic rings. The van der Waals surface area contributed by atoms with Crippen molar-refractivity contribution in [3.63, 3.8) is 0 Å². The third kappa shape index (κ3) is 4.65. The van der Waals surface area contributed by atoms with Crippen LogP contribution in [0.4, 0.5) is 0 Å². The Hall–Kier alpha value is -2.43. The Morgan fingerprint density at radius 3 is 2.48 bits per heavy atom. The molecule has 27 heavy (non-hydrogen) atoms. The fourth-order valence-corrected chi connectivity index (χ4v) is 4.20. The molecule has 0 saturated heterocycles. The number of nitrogens with one attached hydrogen (secondary N) is 1. The Bertz CT molecular complexity index is 742. The Morgan fingerprint density at radius 2 is 1.93 bits per heavy atom. The highest BCUT2D eigenvalue weighted by Gasteiger charge is 2.43. The van der Waals surface area contributed by atoms with Crippen LogP contribution in [-0.2, 0) is 11.8 Å². The normalized spacial score (nSPS) is 24.5. The molecule has 0 aromatic carbocycles. The number of Topliss-reactive ketones (excluding diaryl/α,β-unsaturated/α-hetero) is 1. The molecule has 5 heteroatoms. The van der Waals surface area contributed by atoms with E-state index in [1.807, 2.05) is 40.0 Å². The van der Waals surface area contributed by atoms with Gasteiger partial charge >= 0.3 is 0 Å². The molecule has 3 rings (SSSR count). The summed E-state index contributed by atoms with van der Waals surface area (Å²) in [7, 11) is 1.85. The van der Waals surface area contributed by atoms with Gasteiger partial charge in [-0.1, -0.05) is 38.7 Å². The summed E-state index contributed by atoms with van der Waals surface area (Å²) in [5, 5.41) is 2.94. The average molecular weight is 370 g/mol. The first-order valence-electron chi connectivity index (χ1n) is 9.83. The lowest BCUT2D eigenvalue weighted by Gasteiger charge is -2.13. The summed E-state index contributed by atoms with van der Waals surface area (Å²) in [6.45, 7) is 9.52. The highest BCUT2D eigenvalue weighted by molar-refractivity contribution is 5.95. The maximum absolute atomic E-state index is 12.8. The molecule has 1 aromatic heterocycles. The van der Waals surface area contributed by atoms with Crippen LogP contribution in [0, 0.1) is 11.8 Å². The summed E-state index contributed by atoms with van der Waals surface area (Å²) in [4.78, 5) is 28.9. The molecular weight excluding hydrogens is 338 g/mol. The van der Waals surface area contributed by atoms with E-state index in [1.54, 1.807) is 23.0 Å². The molecule has 1 heterocycles. The van der Waals surface area contributed by atoms with Crippen LogP contribution in [0.15, 0.2) is 42.9 Å². The van der Waals surface area contributed by atoms with Gasteiger partial charge in [0.15, 0.2) is 0 Å². The Labute approximate surface area is 162 Å². The van der Waals surface area contributed by atoms with Gasteiger partial charge in [0.2, 0.25) is 0 Å². The molecule has 2 unspecified atom stereocenters. The van der Waals surface area contributed by atoms with Crippen molar-refractivity contribution in [2.24, 2.45) is 18.9 Å². The van der Waals surface area contributed by atoms with Crippen molar-refractivity contribution in [2.75, 3.05) is 0 Å². The second-order valence-electron chi connectivity index (χ2n) is 7.02. The van der Waals surface area contributed by atoms with Gasteiger partial charge < -0.3 is 9.88 Å². The van der Waals surface area contributed by atoms with Crippen molar-refractivity contribution < 1.29 is 9.59 Å². The number of carbonyl (C=O) groups excluding carboxylic acids is 2. The first kappa shape index (κ1) is 20.9. The van der Waals surface area contributed by atoms with Crippen molar-refractivity contribution >= 4 is 11.7 Å². The van der Waals surface area contributed by atoms with Crippen molar-refractivity contribution in [1.82, 2.24) is 14.9 Å². The topological polar surface area (TPSA) is 64.0 Å². The molecule has 146 valence electrons. The van der Waals surface area contributed by atoms with Gasteiger partial charge in [0, 0.05) is 31.5 Å². The summed E-state index contributed by atoms with van der Waals surface area (Å²) in [5.41, 5.74) is 2.21. The zero-order chi connectivity index (χ0) is 20.0. The summed E-state index contributed by atoms with van der Waals surface area (Å²) < 4.78 is 1.79. The lowest BCUT2D eigenvalue weighted by atomic mass is 9.97. The predicted octanol–water partition coefficient (Wildman–Crippen LogP) is 4.29. The zero-order valence-electron chi connectivity index (χ0n) is 16.9. The number of aryl methyl sites for hydroxylation is 1. The number of nitrogens with zero attached hydrogens (tertiary/aromatic N) is 2. The van der Waals surface area contributed by atoms with Gasteiger partial charge in [-0.3, -0.25) is 9.59 Å². The van der Waals surface area contributed by atoms with E-state index < -0.39 is 0 Å². The van der Waals surface area contributed by atoms with Gasteiger partial charge in [0.1, 0.15) is 11.5 Å². The summed E-state index contributed by atoms with van der Waals surface area (Å²) in [6, 6.07) is 0. The molecule has 1 amide bonds. The monoisotopic (exact) mass is 369 g/mol. The number of amides is 1. The van der Waals surface area contributed by atoms with Gasteiger partial charge in [-0.25, -0.2) is 4.98 Å². The molecule has 1 N–H and O–H groups in total. The van der Waals surface area contributed by atoms with Crippen LogP contribution in [-0.4, -0.2) is 21.2 Å². The minimum absolute atomic E-state index is 0.148. The highest BCUT2D eigenvalue weighted by atomic mass is 16.2. The lowest BCUT2D eigenvalue weighted by molar-refractivity contribution is -0.117. The summed E-state index contributed by atoms with van der Waals surface area (Å²) >= 11 is 0. The zero-order valence-corrected chi connectivity index (χ0v) is 16.9. The number of imidazole rings is 1. The quantitative estimate of drug-likeness (QED) is 0.787. The van der Waals surface area contributed by atoms with E-state index >= 15 is 0 Å². The summed E-state index contributed by atoms with van der Waals surface area (Å²) in [6.07, 6.45) is 12.1. The number of ketones is 1. The fraction of sp³-hybridized carbons (Fsp3) is 0.500. The molecule has 2 fully saturated rings. The fourth-order valence-electron chi connectivity index (χ4n) is 4.20. The minimum Gasteiger partial charge on any atom is -0.329 e. The van der Waals surface area contributed by atoms with Crippen molar-refractivity contribution in [3.8, 4) is 0 Å². The Morgan fingerprint density at radius 1 is 1.30 bits per heavy atom. The first-order valence-corrected chi connectivity index (χ1v) is 9.83. The molecule has 5 nitrogen and oxygen atoms in total. The third-order valence-corrected chi connectivity index (χ3v) is 5.37. The first-order chi connectivity index (χ1) is 13.0. The largest absolute Gasteiger partial charge is 0.329 e. The van der Waals surface area contributed by atoms with Gasteiger partial charge in [-0.15, -0.1) is 0 Å². The number of rotatable bonds is 5. The number of aromatic nitrogens is 2. The maximum Gasteiger partial charge on any atom is 0.274 e. The molecule has 0 radical (unpaired) electrons. The predicted molar refractivity (Wildman–Crippen MR) is 108 cm³/mol. The Kier molecular flexibility index (Phi) is 7.34. The van der Waals surface area contributed by atoms with Crippen molar-refractivity contribution in [3.05, 3.63) is 54.3 Å². The van der Waals surface area contributed by atoms with Crippen molar-refractivity contribution in [2.45, 2.75) is 52.4 Å². The smallest absolute Gasteiger partial charge is 0.274 e. The minimum atomic E-state index is -0.148. The van der Waals surface area contributed by atoms with Gasteiger partial charge in [0.25, 0.3) is 5.91 Å². The standard InChI is InChI=1S/C20H25N3O2.C2H6/c1-4-6-7-16(5-2)22-20(25)19-18(21-12-23(19)3)15-8-13-10-17(24)11-14(13)9-15;1-2/h4-7,12-15H,1,8-11H2,2-3H3,(H,22,25);1-2H3/b7-6-,16-5+;. The van der Waals surface area contributed by atoms with Gasteiger partial charge in [0.05, 0.1) is 12.0 Å². The SMILES string of the molecule is C=C/C=C\C(=C/C)NC(=O)c1c(C2CC3CC(=O)CC3C2)ncn1C.CC. The van der Waals surface area contributed by atoms with Crippen LogP contribution in [0.2, 0.25) is 0 Å². The second-order valence-corrected chi connectivity index (χ2v) is 7.02. The van der Waals surface area contributed by atoms with E-state index in [1.165, 1.54) is 0 Å². The number of fused-ring (bicyclic) bond motifs is 1.